The van der Waals surface area contributed by atoms with Gasteiger partial charge in [0.15, 0.2) is 0 Å². The highest BCUT2D eigenvalue weighted by Gasteiger charge is 2.20. The van der Waals surface area contributed by atoms with E-state index in [9.17, 15) is 0 Å². The summed E-state index contributed by atoms with van der Waals surface area (Å²) in [5.41, 5.74) is 2.46. The average molecular weight is 298 g/mol. The summed E-state index contributed by atoms with van der Waals surface area (Å²) >= 11 is 6.22. The summed E-state index contributed by atoms with van der Waals surface area (Å²) in [6.07, 6.45) is 2.90. The van der Waals surface area contributed by atoms with Crippen molar-refractivity contribution in [3.8, 4) is 5.75 Å². The lowest BCUT2D eigenvalue weighted by atomic mass is 10.00. The molecule has 1 unspecified atom stereocenters. The average Bonchev–Trinajstić information content (AvgIpc) is 2.87. The van der Waals surface area contributed by atoms with E-state index in [0.717, 1.165) is 56.4 Å². The lowest BCUT2D eigenvalue weighted by molar-refractivity contribution is 0.136. The van der Waals surface area contributed by atoms with E-state index in [2.05, 4.69) is 12.2 Å². The summed E-state index contributed by atoms with van der Waals surface area (Å²) in [5, 5.41) is 4.33. The summed E-state index contributed by atoms with van der Waals surface area (Å²) < 4.78 is 11.2. The molecule has 0 aliphatic carbocycles. The molecule has 4 heteroatoms. The Balaban J connectivity index is 2.06. The Labute approximate surface area is 126 Å². The second kappa shape index (κ2) is 7.87. The second-order valence-corrected chi connectivity index (χ2v) is 5.53. The molecule has 0 saturated carbocycles. The smallest absolute Gasteiger partial charge is 0.125 e. The summed E-state index contributed by atoms with van der Waals surface area (Å²) in [6.45, 7) is 7.45. The Hall–Kier alpha value is -0.770. The molecule has 2 rings (SSSR count). The lowest BCUT2D eigenvalue weighted by Gasteiger charge is -2.19. The van der Waals surface area contributed by atoms with Crippen molar-refractivity contribution in [3.63, 3.8) is 0 Å². The van der Waals surface area contributed by atoms with Crippen molar-refractivity contribution in [1.82, 2.24) is 5.32 Å². The van der Waals surface area contributed by atoms with Crippen LogP contribution in [0.3, 0.4) is 0 Å². The van der Waals surface area contributed by atoms with Gasteiger partial charge in [-0.2, -0.15) is 0 Å². The van der Waals surface area contributed by atoms with E-state index in [1.807, 2.05) is 19.1 Å². The van der Waals surface area contributed by atoms with Crippen LogP contribution in [0.2, 0.25) is 5.02 Å². The van der Waals surface area contributed by atoms with Crippen molar-refractivity contribution in [1.29, 1.82) is 0 Å². The molecular formula is C16H24ClNO2. The van der Waals surface area contributed by atoms with E-state index >= 15 is 0 Å². The van der Waals surface area contributed by atoms with Crippen molar-refractivity contribution >= 4 is 11.6 Å². The largest absolute Gasteiger partial charge is 0.493 e. The third-order valence-corrected chi connectivity index (χ3v) is 3.82. The SMILES string of the molecule is CCNC(CCOCC)Cc1cc(Cl)cc2c1OCC2. The number of hydrogen-bond donors (Lipinski definition) is 1. The molecule has 112 valence electrons. The molecule has 0 bridgehead atoms. The van der Waals surface area contributed by atoms with Crippen LogP contribution in [0.1, 0.15) is 31.4 Å². The van der Waals surface area contributed by atoms with Crippen LogP contribution >= 0.6 is 11.6 Å². The second-order valence-electron chi connectivity index (χ2n) is 5.10. The number of fused-ring (bicyclic) bond motifs is 1. The first kappa shape index (κ1) is 15.6. The molecule has 1 heterocycles. The highest BCUT2D eigenvalue weighted by Crippen LogP contribution is 2.33. The van der Waals surface area contributed by atoms with E-state index in [-0.39, 0.29) is 0 Å². The molecule has 1 aromatic carbocycles. The Morgan fingerprint density at radius 1 is 1.40 bits per heavy atom. The zero-order valence-corrected chi connectivity index (χ0v) is 13.1. The van der Waals surface area contributed by atoms with Crippen LogP contribution in [0.5, 0.6) is 5.75 Å². The third kappa shape index (κ3) is 4.11. The summed E-state index contributed by atoms with van der Waals surface area (Å²) in [7, 11) is 0. The molecule has 1 N–H and O–H groups in total. The normalized spacial score (nSPS) is 14.9. The molecule has 1 aliphatic heterocycles. The van der Waals surface area contributed by atoms with E-state index in [1.165, 1.54) is 11.1 Å². The van der Waals surface area contributed by atoms with E-state index in [4.69, 9.17) is 21.1 Å². The molecule has 1 aliphatic rings. The molecule has 1 aromatic rings. The predicted octanol–water partition coefficient (Wildman–Crippen LogP) is 3.22. The monoisotopic (exact) mass is 297 g/mol. The lowest BCUT2D eigenvalue weighted by Crippen LogP contribution is -2.32. The number of rotatable bonds is 8. The fraction of sp³-hybridized carbons (Fsp3) is 0.625. The summed E-state index contributed by atoms with van der Waals surface area (Å²) in [6, 6.07) is 4.46. The van der Waals surface area contributed by atoms with E-state index in [1.54, 1.807) is 0 Å². The molecule has 0 fully saturated rings. The third-order valence-electron chi connectivity index (χ3n) is 3.60. The maximum Gasteiger partial charge on any atom is 0.125 e. The molecule has 0 spiro atoms. The van der Waals surface area contributed by atoms with Crippen LogP contribution in [0.15, 0.2) is 12.1 Å². The summed E-state index contributed by atoms with van der Waals surface area (Å²) in [4.78, 5) is 0. The van der Waals surface area contributed by atoms with Crippen molar-refractivity contribution in [2.24, 2.45) is 0 Å². The van der Waals surface area contributed by atoms with Crippen molar-refractivity contribution in [2.75, 3.05) is 26.4 Å². The Morgan fingerprint density at radius 2 is 2.25 bits per heavy atom. The maximum atomic E-state index is 6.22. The van der Waals surface area contributed by atoms with E-state index < -0.39 is 0 Å². The number of halogens is 1. The van der Waals surface area contributed by atoms with Crippen molar-refractivity contribution < 1.29 is 9.47 Å². The van der Waals surface area contributed by atoms with Gasteiger partial charge in [0.25, 0.3) is 0 Å². The predicted molar refractivity (Wildman–Crippen MR) is 82.9 cm³/mol. The Kier molecular flexibility index (Phi) is 6.14. The van der Waals surface area contributed by atoms with Gasteiger partial charge in [0.1, 0.15) is 5.75 Å². The van der Waals surface area contributed by atoms with Crippen molar-refractivity contribution in [3.05, 3.63) is 28.3 Å². The van der Waals surface area contributed by atoms with Gasteiger partial charge in [-0.3, -0.25) is 0 Å². The standard InChI is InChI=1S/C16H24ClNO2/c1-3-18-15(6-7-19-4-2)11-13-10-14(17)9-12-5-8-20-16(12)13/h9-10,15,18H,3-8,11H2,1-2H3. The molecular weight excluding hydrogens is 274 g/mol. The minimum absolute atomic E-state index is 0.401. The Bertz CT molecular complexity index is 437. The van der Waals surface area contributed by atoms with Crippen molar-refractivity contribution in [2.45, 2.75) is 39.2 Å². The van der Waals surface area contributed by atoms with Gasteiger partial charge in [-0.05, 0) is 49.6 Å². The molecule has 3 nitrogen and oxygen atoms in total. The minimum Gasteiger partial charge on any atom is -0.493 e. The van der Waals surface area contributed by atoms with Crippen LogP contribution < -0.4 is 10.1 Å². The van der Waals surface area contributed by atoms with Gasteiger partial charge in [0.05, 0.1) is 6.61 Å². The van der Waals surface area contributed by atoms with Gasteiger partial charge < -0.3 is 14.8 Å². The first-order valence-corrected chi connectivity index (χ1v) is 7.87. The van der Waals surface area contributed by atoms with Crippen LogP contribution in [0.25, 0.3) is 0 Å². The first-order chi connectivity index (χ1) is 9.74. The number of likely N-dealkylation sites (N-methyl/N-ethyl adjacent to an activating group) is 1. The molecule has 0 aromatic heterocycles. The van der Waals surface area contributed by atoms with E-state index in [0.29, 0.717) is 6.04 Å². The maximum absolute atomic E-state index is 6.22. The van der Waals surface area contributed by atoms with Gasteiger partial charge in [0.2, 0.25) is 0 Å². The summed E-state index contributed by atoms with van der Waals surface area (Å²) in [5.74, 6) is 1.05. The molecule has 0 radical (unpaired) electrons. The topological polar surface area (TPSA) is 30.5 Å². The van der Waals surface area contributed by atoms with Crippen LogP contribution in [-0.2, 0) is 17.6 Å². The van der Waals surface area contributed by atoms with Gasteiger partial charge in [0, 0.05) is 30.7 Å². The van der Waals surface area contributed by atoms with Gasteiger partial charge in [-0.25, -0.2) is 0 Å². The van der Waals surface area contributed by atoms with Gasteiger partial charge in [-0.1, -0.05) is 18.5 Å². The van der Waals surface area contributed by atoms with Crippen LogP contribution in [0.4, 0.5) is 0 Å². The highest BCUT2D eigenvalue weighted by molar-refractivity contribution is 6.30. The zero-order chi connectivity index (χ0) is 14.4. The fourth-order valence-electron chi connectivity index (χ4n) is 2.70. The minimum atomic E-state index is 0.401. The number of benzene rings is 1. The Morgan fingerprint density at radius 3 is 3.00 bits per heavy atom. The molecule has 0 amide bonds. The first-order valence-electron chi connectivity index (χ1n) is 7.49. The van der Waals surface area contributed by atoms with Gasteiger partial charge >= 0.3 is 0 Å². The zero-order valence-electron chi connectivity index (χ0n) is 12.4. The number of nitrogens with one attached hydrogen (secondary N) is 1. The molecule has 0 saturated heterocycles. The molecule has 1 atom stereocenters. The van der Waals surface area contributed by atoms with Gasteiger partial charge in [-0.15, -0.1) is 0 Å². The highest BCUT2D eigenvalue weighted by atomic mass is 35.5. The molecule has 20 heavy (non-hydrogen) atoms. The van der Waals surface area contributed by atoms with Crippen LogP contribution in [0, 0.1) is 0 Å². The number of hydrogen-bond acceptors (Lipinski definition) is 3. The fourth-order valence-corrected chi connectivity index (χ4v) is 2.96. The number of ether oxygens (including phenoxy) is 2. The quantitative estimate of drug-likeness (QED) is 0.747. The van der Waals surface area contributed by atoms with Crippen LogP contribution in [-0.4, -0.2) is 32.4 Å².